The SMILES string of the molecule is O=C1CN(N=Cc2ccccc2)C(=O)N1CCCBr. The molecule has 0 aromatic heterocycles. The highest BCUT2D eigenvalue weighted by Gasteiger charge is 2.35. The van der Waals surface area contributed by atoms with Gasteiger partial charge in [0, 0.05) is 11.9 Å². The number of carbonyl (C=O) groups excluding carboxylic acids is 2. The summed E-state index contributed by atoms with van der Waals surface area (Å²) in [5, 5.41) is 6.03. The lowest BCUT2D eigenvalue weighted by molar-refractivity contribution is -0.125. The van der Waals surface area contributed by atoms with Crippen LogP contribution in [0.3, 0.4) is 0 Å². The van der Waals surface area contributed by atoms with Crippen LogP contribution >= 0.6 is 15.9 Å². The molecule has 5 nitrogen and oxygen atoms in total. The molecule has 0 spiro atoms. The maximum Gasteiger partial charge on any atom is 0.347 e. The summed E-state index contributed by atoms with van der Waals surface area (Å²) in [6, 6.07) is 9.10. The van der Waals surface area contributed by atoms with Gasteiger partial charge in [-0.05, 0) is 12.0 Å². The van der Waals surface area contributed by atoms with E-state index in [2.05, 4.69) is 21.0 Å². The van der Waals surface area contributed by atoms with Crippen LogP contribution < -0.4 is 0 Å². The second-order valence-electron chi connectivity index (χ2n) is 4.08. The number of hydrazone groups is 1. The van der Waals surface area contributed by atoms with Crippen molar-refractivity contribution in [1.82, 2.24) is 9.91 Å². The van der Waals surface area contributed by atoms with Crippen LogP contribution in [0.5, 0.6) is 0 Å². The molecule has 0 aliphatic carbocycles. The number of benzene rings is 1. The minimum absolute atomic E-state index is 0.0183. The Hall–Kier alpha value is -1.69. The average molecular weight is 324 g/mol. The van der Waals surface area contributed by atoms with E-state index in [1.54, 1.807) is 6.21 Å². The zero-order chi connectivity index (χ0) is 13.7. The molecular weight excluding hydrogens is 310 g/mol. The molecule has 0 bridgehead atoms. The lowest BCUT2D eigenvalue weighted by Crippen LogP contribution is -2.32. The van der Waals surface area contributed by atoms with Gasteiger partial charge in [0.15, 0.2) is 0 Å². The molecule has 1 heterocycles. The van der Waals surface area contributed by atoms with E-state index in [9.17, 15) is 9.59 Å². The second kappa shape index (κ2) is 6.47. The highest BCUT2D eigenvalue weighted by molar-refractivity contribution is 9.09. The predicted molar refractivity (Wildman–Crippen MR) is 76.3 cm³/mol. The number of urea groups is 1. The van der Waals surface area contributed by atoms with Crippen molar-refractivity contribution < 1.29 is 9.59 Å². The molecule has 0 N–H and O–H groups in total. The van der Waals surface area contributed by atoms with Crippen LogP contribution in [0.2, 0.25) is 0 Å². The predicted octanol–water partition coefficient (Wildman–Crippen LogP) is 2.07. The minimum atomic E-state index is -0.349. The molecule has 1 aliphatic rings. The Labute approximate surface area is 120 Å². The topological polar surface area (TPSA) is 53.0 Å². The first kappa shape index (κ1) is 13.7. The van der Waals surface area contributed by atoms with Crippen molar-refractivity contribution in [1.29, 1.82) is 0 Å². The Balaban J connectivity index is 2.01. The van der Waals surface area contributed by atoms with Crippen molar-refractivity contribution in [2.24, 2.45) is 5.10 Å². The number of alkyl halides is 1. The molecule has 0 radical (unpaired) electrons. The fourth-order valence-corrected chi connectivity index (χ4v) is 1.98. The molecule has 6 heteroatoms. The molecule has 1 aromatic carbocycles. The van der Waals surface area contributed by atoms with E-state index in [-0.39, 0.29) is 18.5 Å². The van der Waals surface area contributed by atoms with Gasteiger partial charge in [-0.25, -0.2) is 9.80 Å². The molecule has 0 unspecified atom stereocenters. The first-order valence-corrected chi connectivity index (χ1v) is 7.11. The third-order valence-corrected chi connectivity index (χ3v) is 3.26. The molecule has 1 saturated heterocycles. The number of halogens is 1. The minimum Gasteiger partial charge on any atom is -0.272 e. The number of amides is 3. The standard InChI is InChI=1S/C13H14BrN3O2/c14-7-4-8-16-12(18)10-17(13(16)19)15-9-11-5-2-1-3-6-11/h1-3,5-6,9H,4,7-8,10H2. The van der Waals surface area contributed by atoms with Gasteiger partial charge in [-0.1, -0.05) is 46.3 Å². The Morgan fingerprint density at radius 2 is 2.00 bits per heavy atom. The first-order valence-electron chi connectivity index (χ1n) is 5.99. The van der Waals surface area contributed by atoms with E-state index in [0.29, 0.717) is 6.54 Å². The van der Waals surface area contributed by atoms with Gasteiger partial charge in [-0.2, -0.15) is 5.10 Å². The van der Waals surface area contributed by atoms with Gasteiger partial charge in [0.1, 0.15) is 6.54 Å². The Morgan fingerprint density at radius 1 is 1.26 bits per heavy atom. The molecule has 1 fully saturated rings. The normalized spacial score (nSPS) is 15.8. The van der Waals surface area contributed by atoms with Crippen molar-refractivity contribution in [2.45, 2.75) is 6.42 Å². The summed E-state index contributed by atoms with van der Waals surface area (Å²) < 4.78 is 0. The van der Waals surface area contributed by atoms with Gasteiger partial charge >= 0.3 is 6.03 Å². The summed E-state index contributed by atoms with van der Waals surface area (Å²) in [7, 11) is 0. The number of carbonyl (C=O) groups is 2. The monoisotopic (exact) mass is 323 g/mol. The van der Waals surface area contributed by atoms with E-state index in [1.165, 1.54) is 9.91 Å². The Kier molecular flexibility index (Phi) is 4.68. The van der Waals surface area contributed by atoms with Crippen molar-refractivity contribution in [2.75, 3.05) is 18.4 Å². The summed E-state index contributed by atoms with van der Waals surface area (Å²) >= 11 is 3.28. The molecule has 19 heavy (non-hydrogen) atoms. The number of nitrogens with zero attached hydrogens (tertiary/aromatic N) is 3. The maximum atomic E-state index is 11.9. The molecule has 3 amide bonds. The second-order valence-corrected chi connectivity index (χ2v) is 4.88. The van der Waals surface area contributed by atoms with Crippen LogP contribution in [-0.4, -0.2) is 46.5 Å². The summed E-state index contributed by atoms with van der Waals surface area (Å²) in [5.74, 6) is -0.198. The van der Waals surface area contributed by atoms with E-state index in [1.807, 2.05) is 30.3 Å². The summed E-state index contributed by atoms with van der Waals surface area (Å²) in [4.78, 5) is 24.9. The molecule has 0 saturated carbocycles. The van der Waals surface area contributed by atoms with E-state index in [0.717, 1.165) is 17.3 Å². The van der Waals surface area contributed by atoms with Crippen LogP contribution in [0.1, 0.15) is 12.0 Å². The summed E-state index contributed by atoms with van der Waals surface area (Å²) in [6.07, 6.45) is 2.33. The molecular formula is C13H14BrN3O2. The van der Waals surface area contributed by atoms with Crippen LogP contribution in [0.25, 0.3) is 0 Å². The van der Waals surface area contributed by atoms with Crippen LogP contribution in [-0.2, 0) is 4.79 Å². The molecule has 1 aliphatic heterocycles. The van der Waals surface area contributed by atoms with Gasteiger partial charge in [0.2, 0.25) is 0 Å². The molecule has 1 aromatic rings. The quantitative estimate of drug-likeness (QED) is 0.473. The van der Waals surface area contributed by atoms with Gasteiger partial charge < -0.3 is 0 Å². The van der Waals surface area contributed by atoms with Crippen LogP contribution in [0, 0.1) is 0 Å². The lowest BCUT2D eigenvalue weighted by atomic mass is 10.2. The molecule has 0 atom stereocenters. The smallest absolute Gasteiger partial charge is 0.272 e. The average Bonchev–Trinajstić information content (AvgIpc) is 2.70. The van der Waals surface area contributed by atoms with Gasteiger partial charge in [-0.3, -0.25) is 9.69 Å². The van der Waals surface area contributed by atoms with Crippen molar-refractivity contribution >= 4 is 34.1 Å². The Bertz CT molecular complexity index is 490. The lowest BCUT2D eigenvalue weighted by Gasteiger charge is -2.12. The maximum absolute atomic E-state index is 11.9. The summed E-state index contributed by atoms with van der Waals surface area (Å²) in [6.45, 7) is 0.449. The highest BCUT2D eigenvalue weighted by Crippen LogP contribution is 2.11. The van der Waals surface area contributed by atoms with Crippen LogP contribution in [0.4, 0.5) is 4.79 Å². The first-order chi connectivity index (χ1) is 9.22. The van der Waals surface area contributed by atoms with E-state index < -0.39 is 0 Å². The van der Waals surface area contributed by atoms with Gasteiger partial charge in [0.05, 0.1) is 6.21 Å². The largest absolute Gasteiger partial charge is 0.347 e. The van der Waals surface area contributed by atoms with Gasteiger partial charge in [0.25, 0.3) is 5.91 Å². The van der Waals surface area contributed by atoms with Crippen molar-refractivity contribution in [3.05, 3.63) is 35.9 Å². The number of hydrogen-bond acceptors (Lipinski definition) is 3. The third kappa shape index (κ3) is 3.41. The fourth-order valence-electron chi connectivity index (χ4n) is 1.73. The van der Waals surface area contributed by atoms with E-state index in [4.69, 9.17) is 0 Å². The van der Waals surface area contributed by atoms with Crippen molar-refractivity contribution in [3.63, 3.8) is 0 Å². The number of rotatable bonds is 5. The number of imide groups is 1. The zero-order valence-electron chi connectivity index (χ0n) is 10.3. The third-order valence-electron chi connectivity index (χ3n) is 2.70. The molecule has 100 valence electrons. The number of hydrogen-bond donors (Lipinski definition) is 0. The summed E-state index contributed by atoms with van der Waals surface area (Å²) in [5.41, 5.74) is 0.890. The fraction of sp³-hybridized carbons (Fsp3) is 0.308. The Morgan fingerprint density at radius 3 is 2.68 bits per heavy atom. The van der Waals surface area contributed by atoms with Crippen LogP contribution in [0.15, 0.2) is 35.4 Å². The zero-order valence-corrected chi connectivity index (χ0v) is 11.9. The highest BCUT2D eigenvalue weighted by atomic mass is 79.9. The van der Waals surface area contributed by atoms with E-state index >= 15 is 0 Å². The molecule has 2 rings (SSSR count). The van der Waals surface area contributed by atoms with Gasteiger partial charge in [-0.15, -0.1) is 0 Å². The van der Waals surface area contributed by atoms with Crippen molar-refractivity contribution in [3.8, 4) is 0 Å².